The standard InChI is InChI=1S/C15H21N5O2S2/c1-11(2)14-17-15(23-18-14)20-9-7-19(8-10-20)12-5-3-4-6-13(12)24(16,21)22/h3-6,11H,7-10H2,1-2H3,(H2,16,21,22). The predicted octanol–water partition coefficient (Wildman–Crippen LogP) is 1.64. The van der Waals surface area contributed by atoms with Crippen molar-refractivity contribution in [3.63, 3.8) is 0 Å². The quantitative estimate of drug-likeness (QED) is 0.883. The first-order valence-electron chi connectivity index (χ1n) is 7.81. The van der Waals surface area contributed by atoms with Gasteiger partial charge in [-0.3, -0.25) is 0 Å². The molecule has 2 heterocycles. The van der Waals surface area contributed by atoms with Gasteiger partial charge in [-0.05, 0) is 12.1 Å². The van der Waals surface area contributed by atoms with Crippen molar-refractivity contribution in [2.45, 2.75) is 24.7 Å². The van der Waals surface area contributed by atoms with Gasteiger partial charge >= 0.3 is 0 Å². The summed E-state index contributed by atoms with van der Waals surface area (Å²) in [6.07, 6.45) is 0. The Kier molecular flexibility index (Phi) is 4.75. The van der Waals surface area contributed by atoms with Gasteiger partial charge in [-0.1, -0.05) is 26.0 Å². The Morgan fingerprint density at radius 1 is 1.12 bits per heavy atom. The highest BCUT2D eigenvalue weighted by molar-refractivity contribution is 7.89. The number of aromatic nitrogens is 2. The summed E-state index contributed by atoms with van der Waals surface area (Å²) in [5, 5.41) is 6.26. The lowest BCUT2D eigenvalue weighted by Crippen LogP contribution is -2.47. The number of hydrogen-bond donors (Lipinski definition) is 1. The van der Waals surface area contributed by atoms with Crippen LogP contribution in [0.5, 0.6) is 0 Å². The number of anilines is 2. The van der Waals surface area contributed by atoms with E-state index in [1.807, 2.05) is 6.07 Å². The molecule has 3 rings (SSSR count). The van der Waals surface area contributed by atoms with Crippen LogP contribution in [0.25, 0.3) is 0 Å². The molecule has 0 aliphatic carbocycles. The Labute approximate surface area is 146 Å². The SMILES string of the molecule is CC(C)c1nsc(N2CCN(c3ccccc3S(N)(=O)=O)CC2)n1. The molecule has 0 unspecified atom stereocenters. The van der Waals surface area contributed by atoms with E-state index in [-0.39, 0.29) is 4.90 Å². The molecule has 0 radical (unpaired) electrons. The normalized spacial score (nSPS) is 16.0. The molecule has 9 heteroatoms. The van der Waals surface area contributed by atoms with Gasteiger partial charge in [-0.25, -0.2) is 18.5 Å². The number of para-hydroxylation sites is 1. The van der Waals surface area contributed by atoms with Gasteiger partial charge in [0.2, 0.25) is 15.2 Å². The molecule has 1 aliphatic heterocycles. The minimum absolute atomic E-state index is 0.177. The molecule has 1 fully saturated rings. The van der Waals surface area contributed by atoms with Crippen LogP contribution in [0.1, 0.15) is 25.6 Å². The van der Waals surface area contributed by atoms with Gasteiger partial charge in [0, 0.05) is 43.6 Å². The van der Waals surface area contributed by atoms with Gasteiger partial charge in [-0.2, -0.15) is 4.37 Å². The summed E-state index contributed by atoms with van der Waals surface area (Å²) in [4.78, 5) is 9.01. The van der Waals surface area contributed by atoms with Gasteiger partial charge in [0.1, 0.15) is 10.7 Å². The third-order valence-electron chi connectivity index (χ3n) is 4.01. The second-order valence-electron chi connectivity index (χ2n) is 6.08. The van der Waals surface area contributed by atoms with Crippen LogP contribution in [0.15, 0.2) is 29.2 Å². The van der Waals surface area contributed by atoms with Gasteiger partial charge < -0.3 is 9.80 Å². The fourth-order valence-electron chi connectivity index (χ4n) is 2.69. The van der Waals surface area contributed by atoms with Gasteiger partial charge in [0.15, 0.2) is 0 Å². The maximum atomic E-state index is 11.8. The van der Waals surface area contributed by atoms with Crippen LogP contribution in [0, 0.1) is 0 Å². The third kappa shape index (κ3) is 3.52. The number of piperazine rings is 1. The molecule has 2 aromatic rings. The highest BCUT2D eigenvalue weighted by atomic mass is 32.2. The predicted molar refractivity (Wildman–Crippen MR) is 96.2 cm³/mol. The van der Waals surface area contributed by atoms with Crippen LogP contribution in [0.3, 0.4) is 0 Å². The second kappa shape index (κ2) is 6.66. The maximum absolute atomic E-state index is 11.8. The number of benzene rings is 1. The minimum atomic E-state index is -3.73. The van der Waals surface area contributed by atoms with Crippen LogP contribution in [0.4, 0.5) is 10.8 Å². The van der Waals surface area contributed by atoms with Crippen molar-refractivity contribution in [2.75, 3.05) is 36.0 Å². The van der Waals surface area contributed by atoms with Crippen LogP contribution in [-0.2, 0) is 10.0 Å². The molecule has 0 spiro atoms. The Bertz CT molecular complexity index is 811. The lowest BCUT2D eigenvalue weighted by Gasteiger charge is -2.36. The molecule has 7 nitrogen and oxygen atoms in total. The first kappa shape index (κ1) is 17.1. The first-order chi connectivity index (χ1) is 11.4. The van der Waals surface area contributed by atoms with Gasteiger partial charge in [0.25, 0.3) is 0 Å². The smallest absolute Gasteiger partial charge is 0.240 e. The Morgan fingerprint density at radius 3 is 2.33 bits per heavy atom. The van der Waals surface area contributed by atoms with Crippen molar-refractivity contribution in [2.24, 2.45) is 5.14 Å². The van der Waals surface area contributed by atoms with E-state index >= 15 is 0 Å². The van der Waals surface area contributed by atoms with Crippen molar-refractivity contribution in [3.8, 4) is 0 Å². The Balaban J connectivity index is 1.74. The summed E-state index contributed by atoms with van der Waals surface area (Å²) in [6.45, 7) is 7.12. The Morgan fingerprint density at radius 2 is 1.75 bits per heavy atom. The van der Waals surface area contributed by atoms with Crippen molar-refractivity contribution < 1.29 is 8.42 Å². The number of rotatable bonds is 4. The number of primary sulfonamides is 1. The fourth-order valence-corrected chi connectivity index (χ4v) is 4.30. The molecule has 0 amide bonds. The molecule has 130 valence electrons. The summed E-state index contributed by atoms with van der Waals surface area (Å²) in [7, 11) is -3.73. The monoisotopic (exact) mass is 367 g/mol. The zero-order valence-corrected chi connectivity index (χ0v) is 15.3. The van der Waals surface area contributed by atoms with E-state index in [0.717, 1.165) is 24.0 Å². The zero-order chi connectivity index (χ0) is 17.3. The average Bonchev–Trinajstić information content (AvgIpc) is 3.04. The highest BCUT2D eigenvalue weighted by Crippen LogP contribution is 2.27. The summed E-state index contributed by atoms with van der Waals surface area (Å²) in [5.41, 5.74) is 0.666. The topological polar surface area (TPSA) is 92.4 Å². The lowest BCUT2D eigenvalue weighted by atomic mass is 10.2. The summed E-state index contributed by atoms with van der Waals surface area (Å²) < 4.78 is 27.9. The zero-order valence-electron chi connectivity index (χ0n) is 13.7. The molecular formula is C15H21N5O2S2. The van der Waals surface area contributed by atoms with Gasteiger partial charge in [-0.15, -0.1) is 0 Å². The largest absolute Gasteiger partial charge is 0.367 e. The third-order valence-corrected chi connectivity index (χ3v) is 5.76. The van der Waals surface area contributed by atoms with E-state index in [2.05, 4.69) is 33.0 Å². The van der Waals surface area contributed by atoms with Crippen molar-refractivity contribution in [1.29, 1.82) is 0 Å². The molecule has 1 saturated heterocycles. The van der Waals surface area contributed by atoms with E-state index in [1.54, 1.807) is 18.2 Å². The number of nitrogens with zero attached hydrogens (tertiary/aromatic N) is 4. The minimum Gasteiger partial charge on any atom is -0.367 e. The van der Waals surface area contributed by atoms with Crippen LogP contribution >= 0.6 is 11.5 Å². The van der Waals surface area contributed by atoms with Crippen LogP contribution < -0.4 is 14.9 Å². The molecule has 1 aliphatic rings. The summed E-state index contributed by atoms with van der Waals surface area (Å²) in [6, 6.07) is 6.87. The first-order valence-corrected chi connectivity index (χ1v) is 10.1. The fraction of sp³-hybridized carbons (Fsp3) is 0.467. The molecule has 0 bridgehead atoms. The van der Waals surface area contributed by atoms with Crippen molar-refractivity contribution in [1.82, 2.24) is 9.36 Å². The van der Waals surface area contributed by atoms with Gasteiger partial charge in [0.05, 0.1) is 5.69 Å². The molecule has 2 N–H and O–H groups in total. The number of sulfonamides is 1. The molecule has 24 heavy (non-hydrogen) atoms. The molecule has 1 aromatic carbocycles. The van der Waals surface area contributed by atoms with Crippen molar-refractivity contribution >= 4 is 32.4 Å². The van der Waals surface area contributed by atoms with Crippen LogP contribution in [-0.4, -0.2) is 44.0 Å². The number of hydrogen-bond acceptors (Lipinski definition) is 7. The van der Waals surface area contributed by atoms with Crippen LogP contribution in [0.2, 0.25) is 0 Å². The number of nitrogens with two attached hydrogens (primary N) is 1. The average molecular weight is 368 g/mol. The highest BCUT2D eigenvalue weighted by Gasteiger charge is 2.24. The van der Waals surface area contributed by atoms with E-state index in [4.69, 9.17) is 5.14 Å². The van der Waals surface area contributed by atoms with E-state index in [0.29, 0.717) is 24.7 Å². The maximum Gasteiger partial charge on any atom is 0.240 e. The molecular weight excluding hydrogens is 346 g/mol. The molecule has 0 atom stereocenters. The van der Waals surface area contributed by atoms with E-state index in [1.165, 1.54) is 11.5 Å². The second-order valence-corrected chi connectivity index (χ2v) is 8.34. The van der Waals surface area contributed by atoms with E-state index < -0.39 is 10.0 Å². The summed E-state index contributed by atoms with van der Waals surface area (Å²) in [5.74, 6) is 1.19. The van der Waals surface area contributed by atoms with Crippen molar-refractivity contribution in [3.05, 3.63) is 30.1 Å². The Hall–Kier alpha value is -1.71. The lowest BCUT2D eigenvalue weighted by molar-refractivity contribution is 0.595. The molecule has 0 saturated carbocycles. The van der Waals surface area contributed by atoms with E-state index in [9.17, 15) is 8.42 Å². The molecule has 1 aromatic heterocycles. The summed E-state index contributed by atoms with van der Waals surface area (Å²) >= 11 is 1.42.